The number of aryl methyl sites for hydroxylation is 1. The highest BCUT2D eigenvalue weighted by Crippen LogP contribution is 2.07. The van der Waals surface area contributed by atoms with Crippen LogP contribution in [-0.2, 0) is 20.0 Å². The summed E-state index contributed by atoms with van der Waals surface area (Å²) in [6.07, 6.45) is 4.72. The van der Waals surface area contributed by atoms with E-state index in [9.17, 15) is 0 Å². The van der Waals surface area contributed by atoms with Crippen molar-refractivity contribution < 1.29 is 0 Å². The van der Waals surface area contributed by atoms with Crippen molar-refractivity contribution in [3.05, 3.63) is 46.5 Å². The van der Waals surface area contributed by atoms with E-state index >= 15 is 0 Å². The van der Waals surface area contributed by atoms with Gasteiger partial charge in [0.25, 0.3) is 0 Å². The van der Waals surface area contributed by atoms with Gasteiger partial charge in [0.05, 0.1) is 11.4 Å². The van der Waals surface area contributed by atoms with Crippen molar-refractivity contribution in [1.82, 2.24) is 20.1 Å². The van der Waals surface area contributed by atoms with E-state index in [0.717, 1.165) is 35.4 Å². The summed E-state index contributed by atoms with van der Waals surface area (Å²) in [6, 6.07) is 6.06. The van der Waals surface area contributed by atoms with E-state index in [1.165, 1.54) is 0 Å². The van der Waals surface area contributed by atoms with Gasteiger partial charge < -0.3 is 5.32 Å². The Hall–Kier alpha value is -1.20. The second-order valence-corrected chi connectivity index (χ2v) is 4.79. The minimum Gasteiger partial charge on any atom is -0.311 e. The number of hydrogen-bond donors (Lipinski definition) is 1. The fourth-order valence-electron chi connectivity index (χ4n) is 1.54. The maximum Gasteiger partial charge on any atom is 0.0637 e. The number of nitrogens with zero attached hydrogens (tertiary/aromatic N) is 3. The Bertz CT molecular complexity index is 464. The van der Waals surface area contributed by atoms with E-state index in [-0.39, 0.29) is 0 Å². The Morgan fingerprint density at radius 2 is 2.18 bits per heavy atom. The van der Waals surface area contributed by atoms with Crippen LogP contribution >= 0.6 is 15.9 Å². The lowest BCUT2D eigenvalue weighted by Gasteiger charge is -2.03. The van der Waals surface area contributed by atoms with Crippen molar-refractivity contribution in [2.75, 3.05) is 6.54 Å². The number of hydrogen-bond acceptors (Lipinski definition) is 3. The Labute approximate surface area is 109 Å². The predicted octanol–water partition coefficient (Wildman–Crippen LogP) is 1.91. The first-order chi connectivity index (χ1) is 8.24. The number of rotatable bonds is 5. The molecule has 5 heteroatoms. The lowest BCUT2D eigenvalue weighted by Crippen LogP contribution is -2.17. The topological polar surface area (TPSA) is 42.7 Å². The Morgan fingerprint density at radius 3 is 2.82 bits per heavy atom. The van der Waals surface area contributed by atoms with Crippen LogP contribution in [0.15, 0.2) is 35.1 Å². The summed E-state index contributed by atoms with van der Waals surface area (Å²) < 4.78 is 2.83. The fourth-order valence-corrected chi connectivity index (χ4v) is 1.77. The smallest absolute Gasteiger partial charge is 0.0637 e. The normalized spacial score (nSPS) is 10.7. The first-order valence-corrected chi connectivity index (χ1v) is 6.33. The van der Waals surface area contributed by atoms with Gasteiger partial charge in [-0.25, -0.2) is 0 Å². The van der Waals surface area contributed by atoms with E-state index in [1.54, 1.807) is 0 Å². The van der Waals surface area contributed by atoms with Crippen LogP contribution in [0.2, 0.25) is 0 Å². The lowest BCUT2D eigenvalue weighted by molar-refractivity contribution is 0.656. The maximum atomic E-state index is 4.32. The summed E-state index contributed by atoms with van der Waals surface area (Å²) in [5, 5.41) is 7.67. The molecular weight excluding hydrogens is 280 g/mol. The van der Waals surface area contributed by atoms with Gasteiger partial charge in [-0.1, -0.05) is 0 Å². The van der Waals surface area contributed by atoms with Crippen LogP contribution in [0.5, 0.6) is 0 Å². The molecule has 0 radical (unpaired) electrons. The van der Waals surface area contributed by atoms with E-state index in [0.29, 0.717) is 0 Å². The van der Waals surface area contributed by atoms with Gasteiger partial charge in [0.1, 0.15) is 0 Å². The number of aromatic nitrogens is 3. The van der Waals surface area contributed by atoms with Gasteiger partial charge in [-0.2, -0.15) is 5.10 Å². The van der Waals surface area contributed by atoms with E-state index in [2.05, 4.69) is 31.3 Å². The van der Waals surface area contributed by atoms with Crippen LogP contribution in [0.3, 0.4) is 0 Å². The SMILES string of the molecule is Cn1ccc(CCNCc2ccc(Br)cn2)n1. The van der Waals surface area contributed by atoms with Gasteiger partial charge in [0, 0.05) is 43.4 Å². The van der Waals surface area contributed by atoms with Crippen molar-refractivity contribution in [3.63, 3.8) is 0 Å². The Balaban J connectivity index is 1.71. The quantitative estimate of drug-likeness (QED) is 0.857. The summed E-state index contributed by atoms with van der Waals surface area (Å²) in [6.45, 7) is 1.70. The van der Waals surface area contributed by atoms with Crippen molar-refractivity contribution in [3.8, 4) is 0 Å². The Kier molecular flexibility index (Phi) is 4.28. The summed E-state index contributed by atoms with van der Waals surface area (Å²) in [4.78, 5) is 4.30. The van der Waals surface area contributed by atoms with E-state index in [1.807, 2.05) is 42.3 Å². The highest BCUT2D eigenvalue weighted by atomic mass is 79.9. The van der Waals surface area contributed by atoms with E-state index < -0.39 is 0 Å². The average Bonchev–Trinajstić information content (AvgIpc) is 2.73. The molecule has 0 amide bonds. The molecule has 2 aromatic rings. The van der Waals surface area contributed by atoms with Gasteiger partial charge in [0.2, 0.25) is 0 Å². The minimum absolute atomic E-state index is 0.792. The van der Waals surface area contributed by atoms with Gasteiger partial charge in [-0.3, -0.25) is 9.67 Å². The lowest BCUT2D eigenvalue weighted by atomic mass is 10.3. The highest BCUT2D eigenvalue weighted by Gasteiger charge is 1.97. The van der Waals surface area contributed by atoms with Crippen LogP contribution in [-0.4, -0.2) is 21.3 Å². The molecule has 90 valence electrons. The van der Waals surface area contributed by atoms with Crippen molar-refractivity contribution in [2.24, 2.45) is 7.05 Å². The highest BCUT2D eigenvalue weighted by molar-refractivity contribution is 9.10. The largest absolute Gasteiger partial charge is 0.311 e. The second-order valence-electron chi connectivity index (χ2n) is 3.88. The second kappa shape index (κ2) is 5.93. The third-order valence-electron chi connectivity index (χ3n) is 2.42. The molecular formula is C12H15BrN4. The molecule has 0 unspecified atom stereocenters. The molecule has 17 heavy (non-hydrogen) atoms. The van der Waals surface area contributed by atoms with Crippen LogP contribution in [0, 0.1) is 0 Å². The molecule has 0 aliphatic carbocycles. The molecule has 4 nitrogen and oxygen atoms in total. The molecule has 0 spiro atoms. The molecule has 1 N–H and O–H groups in total. The molecule has 2 rings (SSSR count). The van der Waals surface area contributed by atoms with Crippen molar-refractivity contribution in [1.29, 1.82) is 0 Å². The molecule has 0 aromatic carbocycles. The zero-order valence-electron chi connectivity index (χ0n) is 9.73. The monoisotopic (exact) mass is 294 g/mol. The molecule has 0 aliphatic rings. The van der Waals surface area contributed by atoms with Gasteiger partial charge >= 0.3 is 0 Å². The molecule has 0 bridgehead atoms. The molecule has 0 saturated carbocycles. The number of nitrogens with one attached hydrogen (secondary N) is 1. The predicted molar refractivity (Wildman–Crippen MR) is 70.6 cm³/mol. The average molecular weight is 295 g/mol. The third-order valence-corrected chi connectivity index (χ3v) is 2.89. The van der Waals surface area contributed by atoms with Crippen LogP contribution in [0.4, 0.5) is 0 Å². The molecule has 0 fully saturated rings. The summed E-state index contributed by atoms with van der Waals surface area (Å²) in [5.41, 5.74) is 2.16. The van der Waals surface area contributed by atoms with Crippen LogP contribution < -0.4 is 5.32 Å². The number of halogens is 1. The standard InChI is InChI=1S/C12H15BrN4/c1-17-7-5-11(16-17)4-6-14-9-12-3-2-10(13)8-15-12/h2-3,5,7-8,14H,4,6,9H2,1H3. The maximum absolute atomic E-state index is 4.32. The molecule has 0 atom stereocenters. The summed E-state index contributed by atoms with van der Waals surface area (Å²) in [7, 11) is 1.93. The van der Waals surface area contributed by atoms with Crippen molar-refractivity contribution in [2.45, 2.75) is 13.0 Å². The third kappa shape index (κ3) is 3.94. The van der Waals surface area contributed by atoms with Gasteiger partial charge in [-0.05, 0) is 34.1 Å². The van der Waals surface area contributed by atoms with Crippen molar-refractivity contribution >= 4 is 15.9 Å². The van der Waals surface area contributed by atoms with Crippen LogP contribution in [0.1, 0.15) is 11.4 Å². The molecule has 0 saturated heterocycles. The first kappa shape index (κ1) is 12.3. The zero-order chi connectivity index (χ0) is 12.1. The minimum atomic E-state index is 0.792. The summed E-state index contributed by atoms with van der Waals surface area (Å²) >= 11 is 3.37. The number of pyridine rings is 1. The first-order valence-electron chi connectivity index (χ1n) is 5.54. The summed E-state index contributed by atoms with van der Waals surface area (Å²) in [5.74, 6) is 0. The zero-order valence-corrected chi connectivity index (χ0v) is 11.3. The van der Waals surface area contributed by atoms with Gasteiger partial charge in [0.15, 0.2) is 0 Å². The Morgan fingerprint density at radius 1 is 1.29 bits per heavy atom. The molecule has 2 aromatic heterocycles. The van der Waals surface area contributed by atoms with E-state index in [4.69, 9.17) is 0 Å². The van der Waals surface area contributed by atoms with Crippen LogP contribution in [0.25, 0.3) is 0 Å². The molecule has 0 aliphatic heterocycles. The fraction of sp³-hybridized carbons (Fsp3) is 0.333. The molecule has 2 heterocycles. The van der Waals surface area contributed by atoms with Gasteiger partial charge in [-0.15, -0.1) is 0 Å².